The van der Waals surface area contributed by atoms with Crippen molar-refractivity contribution >= 4 is 49.7 Å². The standard InChI is InChI=1S/C34H12N8O/c1-39-24-13-21(17-37)10-22(14-24)28(18-38)29-5-3-25-26-4-6-30(42-33(26)34-27(7-8-43-34)32(25)41-29)31(40-2)23-11-19(15-35)9-20(12-23)16-36/h3-14H/b29-28-,31-30-/i9D,10D,11D,12D,13D,14D. The van der Waals surface area contributed by atoms with Crippen molar-refractivity contribution < 1.29 is 12.6 Å². The van der Waals surface area contributed by atoms with Crippen LogP contribution < -0.4 is 10.7 Å². The maximum Gasteiger partial charge on any atom is 0.219 e. The van der Waals surface area contributed by atoms with E-state index in [0.29, 0.717) is 21.7 Å². The summed E-state index contributed by atoms with van der Waals surface area (Å²) in [6.45, 7) is 15.3. The molecule has 3 aromatic heterocycles. The Kier molecular flexibility index (Phi) is 4.75. The number of nitriles is 4. The van der Waals surface area contributed by atoms with Gasteiger partial charge in [-0.25, -0.2) is 14.7 Å². The summed E-state index contributed by atoms with van der Waals surface area (Å²) in [6.07, 6.45) is 1.37. The Balaban J connectivity index is 1.71. The number of hydrogen-bond donors (Lipinski definition) is 0. The van der Waals surface area contributed by atoms with Crippen molar-refractivity contribution in [3.63, 3.8) is 0 Å². The van der Waals surface area contributed by atoms with Crippen LogP contribution in [0.5, 0.6) is 0 Å². The van der Waals surface area contributed by atoms with Gasteiger partial charge in [0.2, 0.25) is 5.70 Å². The Labute approximate surface area is 252 Å². The summed E-state index contributed by atoms with van der Waals surface area (Å²) < 4.78 is 55.9. The number of fused-ring (bicyclic) bond motifs is 6. The number of furan rings is 1. The second kappa shape index (κ2) is 10.4. The van der Waals surface area contributed by atoms with Gasteiger partial charge in [0.25, 0.3) is 0 Å². The van der Waals surface area contributed by atoms with Crippen LogP contribution in [-0.4, -0.2) is 9.97 Å². The first-order chi connectivity index (χ1) is 23.6. The molecule has 0 bridgehead atoms. The molecule has 0 radical (unpaired) electrons. The van der Waals surface area contributed by atoms with Crippen LogP contribution in [0.25, 0.3) is 53.7 Å². The summed E-state index contributed by atoms with van der Waals surface area (Å²) in [7, 11) is 0. The molecule has 0 saturated carbocycles. The molecular weight excluding hydrogens is 536 g/mol. The minimum atomic E-state index is -0.574. The molecule has 6 rings (SSSR count). The molecular formula is C34H12N8O. The van der Waals surface area contributed by atoms with E-state index in [0.717, 1.165) is 0 Å². The monoisotopic (exact) mass is 554 g/mol. The third-order valence-corrected chi connectivity index (χ3v) is 6.36. The molecule has 9 nitrogen and oxygen atoms in total. The Hall–Kier alpha value is -7.30. The number of benzene rings is 3. The van der Waals surface area contributed by atoms with Gasteiger partial charge in [-0.3, -0.25) is 4.98 Å². The third-order valence-electron chi connectivity index (χ3n) is 6.36. The van der Waals surface area contributed by atoms with Crippen molar-refractivity contribution in [2.75, 3.05) is 0 Å². The molecule has 0 aliphatic heterocycles. The number of rotatable bonds is 2. The lowest BCUT2D eigenvalue weighted by Gasteiger charge is -2.07. The van der Waals surface area contributed by atoms with E-state index >= 15 is 0 Å². The Morgan fingerprint density at radius 3 is 2.00 bits per heavy atom. The molecule has 0 N–H and O–H groups in total. The average Bonchev–Trinajstić information content (AvgIpc) is 3.60. The minimum absolute atomic E-state index is 0.00411. The van der Waals surface area contributed by atoms with Crippen LogP contribution in [0.3, 0.4) is 0 Å². The van der Waals surface area contributed by atoms with E-state index in [-0.39, 0.29) is 44.2 Å². The number of nitrogens with zero attached hydrogens (tertiary/aromatic N) is 8. The van der Waals surface area contributed by atoms with Gasteiger partial charge in [0.1, 0.15) is 11.6 Å². The average molecular weight is 555 g/mol. The first kappa shape index (κ1) is 19.7. The van der Waals surface area contributed by atoms with E-state index in [2.05, 4.69) is 19.7 Å². The van der Waals surface area contributed by atoms with Crippen molar-refractivity contribution in [2.45, 2.75) is 0 Å². The van der Waals surface area contributed by atoms with E-state index < -0.39 is 58.6 Å². The van der Waals surface area contributed by atoms with E-state index in [9.17, 15) is 21.0 Å². The first-order valence-electron chi connectivity index (χ1n) is 15.1. The highest BCUT2D eigenvalue weighted by atomic mass is 16.3. The molecule has 9 heteroatoms. The van der Waals surface area contributed by atoms with Gasteiger partial charge in [0.05, 0.1) is 77.4 Å². The predicted octanol–water partition coefficient (Wildman–Crippen LogP) is 5.49. The second-order valence-corrected chi connectivity index (χ2v) is 8.72. The van der Waals surface area contributed by atoms with Crippen molar-refractivity contribution in [2.24, 2.45) is 0 Å². The SMILES string of the molecule is [2H]c1c(C#N)c([2H])c(/C([N+]#[C-])=c2\ccc3c4cc/c(=C(\C#N)c5c([2H])c(C#N)c([2H])c([N+]#[C-])c5[2H])nc4c4ccoc4c3n2)c([2H])c1C#N. The lowest BCUT2D eigenvalue weighted by atomic mass is 10.0. The summed E-state index contributed by atoms with van der Waals surface area (Å²) >= 11 is 0. The van der Waals surface area contributed by atoms with Crippen LogP contribution in [0.15, 0.2) is 77.3 Å². The number of pyridine rings is 2. The molecule has 6 aromatic rings. The van der Waals surface area contributed by atoms with Crippen LogP contribution in [0.2, 0.25) is 0 Å². The highest BCUT2D eigenvalue weighted by Gasteiger charge is 2.16. The lowest BCUT2D eigenvalue weighted by molar-refractivity contribution is 0.618. The molecule has 0 aliphatic rings. The van der Waals surface area contributed by atoms with Crippen LogP contribution >= 0.6 is 0 Å². The molecule has 0 saturated heterocycles. The zero-order valence-electron chi connectivity index (χ0n) is 27.5. The molecule has 0 unspecified atom stereocenters. The Morgan fingerprint density at radius 1 is 0.721 bits per heavy atom. The van der Waals surface area contributed by atoms with Crippen molar-refractivity contribution in [1.82, 2.24) is 9.97 Å². The topological polar surface area (TPSA) is 143 Å². The molecule has 0 spiro atoms. The molecule has 0 amide bonds. The van der Waals surface area contributed by atoms with Crippen molar-refractivity contribution in [3.8, 4) is 24.3 Å². The molecule has 3 heterocycles. The van der Waals surface area contributed by atoms with E-state index in [1.807, 2.05) is 6.07 Å². The quantitative estimate of drug-likeness (QED) is 0.203. The maximum atomic E-state index is 10.2. The van der Waals surface area contributed by atoms with E-state index in [1.54, 1.807) is 36.4 Å². The Morgan fingerprint density at radius 2 is 1.35 bits per heavy atom. The fraction of sp³-hybridized carbons (Fsp3) is 0. The van der Waals surface area contributed by atoms with Gasteiger partial charge >= 0.3 is 0 Å². The largest absolute Gasteiger partial charge is 0.462 e. The van der Waals surface area contributed by atoms with Crippen LogP contribution in [0.1, 0.15) is 36.0 Å². The highest BCUT2D eigenvalue weighted by Crippen LogP contribution is 2.33. The van der Waals surface area contributed by atoms with Gasteiger partial charge < -0.3 is 4.42 Å². The van der Waals surface area contributed by atoms with Crippen molar-refractivity contribution in [3.05, 3.63) is 134 Å². The summed E-state index contributed by atoms with van der Waals surface area (Å²) in [5.74, 6) is 0. The zero-order chi connectivity index (χ0) is 35.3. The fourth-order valence-corrected chi connectivity index (χ4v) is 4.56. The summed E-state index contributed by atoms with van der Waals surface area (Å²) in [6, 6.07) is 11.4. The van der Waals surface area contributed by atoms with Gasteiger partial charge in [0, 0.05) is 23.1 Å². The van der Waals surface area contributed by atoms with Crippen molar-refractivity contribution in [1.29, 1.82) is 21.0 Å². The predicted molar refractivity (Wildman–Crippen MR) is 157 cm³/mol. The van der Waals surface area contributed by atoms with Gasteiger partial charge in [-0.1, -0.05) is 6.07 Å². The van der Waals surface area contributed by atoms with Crippen LogP contribution in [0.4, 0.5) is 5.69 Å². The van der Waals surface area contributed by atoms with E-state index in [1.165, 1.54) is 18.4 Å². The number of aromatic nitrogens is 2. The number of hydrogen-bond acceptors (Lipinski definition) is 7. The van der Waals surface area contributed by atoms with Gasteiger partial charge in [-0.05, 0) is 71.6 Å². The van der Waals surface area contributed by atoms with Crippen LogP contribution in [-0.2, 0) is 0 Å². The third kappa shape index (κ3) is 4.32. The van der Waals surface area contributed by atoms with Gasteiger partial charge in [0.15, 0.2) is 11.3 Å². The molecule has 0 fully saturated rings. The molecule has 194 valence electrons. The summed E-state index contributed by atoms with van der Waals surface area (Å²) in [4.78, 5) is 16.0. The zero-order valence-corrected chi connectivity index (χ0v) is 21.5. The normalized spacial score (nSPS) is 13.8. The smallest absolute Gasteiger partial charge is 0.219 e. The molecule has 0 aliphatic carbocycles. The molecule has 43 heavy (non-hydrogen) atoms. The van der Waals surface area contributed by atoms with Crippen LogP contribution in [0, 0.1) is 58.5 Å². The molecule has 0 atom stereocenters. The fourth-order valence-electron chi connectivity index (χ4n) is 4.56. The second-order valence-electron chi connectivity index (χ2n) is 8.72. The lowest BCUT2D eigenvalue weighted by Crippen LogP contribution is -2.13. The minimum Gasteiger partial charge on any atom is -0.462 e. The summed E-state index contributed by atoms with van der Waals surface area (Å²) in [5, 5.41) is 40.3. The Bertz CT molecular complexity index is 2650. The van der Waals surface area contributed by atoms with Gasteiger partial charge in [-0.15, -0.1) is 0 Å². The molecule has 3 aromatic carbocycles. The maximum absolute atomic E-state index is 10.2. The summed E-state index contributed by atoms with van der Waals surface area (Å²) in [5.41, 5.74) is -2.23. The van der Waals surface area contributed by atoms with Gasteiger partial charge in [-0.2, -0.15) is 21.0 Å². The first-order valence-corrected chi connectivity index (χ1v) is 12.1. The highest BCUT2D eigenvalue weighted by molar-refractivity contribution is 6.21. The van der Waals surface area contributed by atoms with E-state index in [4.69, 9.17) is 25.8 Å².